The largest absolute Gasteiger partial charge is 0.330 e. The minimum absolute atomic E-state index is 0.426. The first-order chi connectivity index (χ1) is 8.56. The minimum Gasteiger partial charge on any atom is -0.330 e. The molecule has 0 bridgehead atoms. The van der Waals surface area contributed by atoms with Crippen LogP contribution in [0, 0.1) is 17.3 Å². The van der Waals surface area contributed by atoms with Crippen molar-refractivity contribution in [2.24, 2.45) is 23.0 Å². The Morgan fingerprint density at radius 1 is 1.28 bits per heavy atom. The first kappa shape index (κ1) is 14.3. The first-order valence-corrected chi connectivity index (χ1v) is 8.00. The molecular formula is C16H32N2. The molecule has 2 fully saturated rings. The van der Waals surface area contributed by atoms with Gasteiger partial charge in [0.25, 0.3) is 0 Å². The zero-order valence-electron chi connectivity index (χ0n) is 12.6. The van der Waals surface area contributed by atoms with Gasteiger partial charge in [-0.1, -0.05) is 33.6 Å². The van der Waals surface area contributed by atoms with Crippen LogP contribution in [0.3, 0.4) is 0 Å². The van der Waals surface area contributed by atoms with Gasteiger partial charge >= 0.3 is 0 Å². The predicted molar refractivity (Wildman–Crippen MR) is 78.6 cm³/mol. The SMILES string of the molecule is CC1CCCC(CN)(CN2CCCC2C(C)C)C1. The van der Waals surface area contributed by atoms with E-state index < -0.39 is 0 Å². The molecule has 0 spiro atoms. The van der Waals surface area contributed by atoms with Crippen molar-refractivity contribution < 1.29 is 0 Å². The van der Waals surface area contributed by atoms with Crippen LogP contribution in [0.1, 0.15) is 59.3 Å². The highest BCUT2D eigenvalue weighted by Crippen LogP contribution is 2.40. The second kappa shape index (κ2) is 5.92. The summed E-state index contributed by atoms with van der Waals surface area (Å²) in [5.41, 5.74) is 6.60. The molecule has 1 saturated heterocycles. The third kappa shape index (κ3) is 3.08. The van der Waals surface area contributed by atoms with Crippen LogP contribution in [0.2, 0.25) is 0 Å². The number of hydrogen-bond acceptors (Lipinski definition) is 2. The third-order valence-electron chi connectivity index (χ3n) is 5.34. The highest BCUT2D eigenvalue weighted by Gasteiger charge is 2.38. The van der Waals surface area contributed by atoms with E-state index in [9.17, 15) is 0 Å². The molecular weight excluding hydrogens is 220 g/mol. The van der Waals surface area contributed by atoms with Crippen molar-refractivity contribution in [1.82, 2.24) is 4.90 Å². The topological polar surface area (TPSA) is 29.3 Å². The second-order valence-electron chi connectivity index (χ2n) is 7.33. The maximum absolute atomic E-state index is 6.17. The summed E-state index contributed by atoms with van der Waals surface area (Å²) in [5.74, 6) is 1.67. The standard InChI is InChI=1S/C16H32N2/c1-13(2)15-7-5-9-18(15)12-16(11-17)8-4-6-14(3)10-16/h13-15H,4-12,17H2,1-3H3. The van der Waals surface area contributed by atoms with Crippen LogP contribution in [-0.2, 0) is 0 Å². The van der Waals surface area contributed by atoms with Gasteiger partial charge < -0.3 is 5.73 Å². The van der Waals surface area contributed by atoms with Crippen molar-refractivity contribution in [3.8, 4) is 0 Å². The van der Waals surface area contributed by atoms with Crippen LogP contribution < -0.4 is 5.73 Å². The van der Waals surface area contributed by atoms with Gasteiger partial charge in [0.15, 0.2) is 0 Å². The molecule has 106 valence electrons. The van der Waals surface area contributed by atoms with E-state index in [1.807, 2.05) is 0 Å². The molecule has 0 aromatic carbocycles. The van der Waals surface area contributed by atoms with Gasteiger partial charge in [-0.15, -0.1) is 0 Å². The molecule has 1 saturated carbocycles. The Hall–Kier alpha value is -0.0800. The van der Waals surface area contributed by atoms with Crippen LogP contribution in [0.5, 0.6) is 0 Å². The molecule has 2 aliphatic rings. The molecule has 1 aliphatic heterocycles. The Morgan fingerprint density at radius 3 is 2.67 bits per heavy atom. The Bertz CT molecular complexity index is 264. The Labute approximate surface area is 113 Å². The smallest absolute Gasteiger partial charge is 0.0119 e. The predicted octanol–water partition coefficient (Wildman–Crippen LogP) is 3.26. The molecule has 2 nitrogen and oxygen atoms in total. The molecule has 0 amide bonds. The lowest BCUT2D eigenvalue weighted by molar-refractivity contribution is 0.0711. The zero-order chi connectivity index (χ0) is 13.2. The molecule has 0 aromatic rings. The van der Waals surface area contributed by atoms with Gasteiger partial charge in [0.05, 0.1) is 0 Å². The average Bonchev–Trinajstić information content (AvgIpc) is 2.77. The van der Waals surface area contributed by atoms with E-state index in [2.05, 4.69) is 25.7 Å². The van der Waals surface area contributed by atoms with Crippen molar-refractivity contribution in [3.63, 3.8) is 0 Å². The van der Waals surface area contributed by atoms with Crippen molar-refractivity contribution in [2.75, 3.05) is 19.6 Å². The van der Waals surface area contributed by atoms with Crippen LogP contribution in [0.4, 0.5) is 0 Å². The van der Waals surface area contributed by atoms with E-state index in [0.29, 0.717) is 5.41 Å². The van der Waals surface area contributed by atoms with E-state index in [1.165, 1.54) is 51.6 Å². The molecule has 0 aromatic heterocycles. The second-order valence-corrected chi connectivity index (χ2v) is 7.33. The molecule has 18 heavy (non-hydrogen) atoms. The van der Waals surface area contributed by atoms with Crippen molar-refractivity contribution >= 4 is 0 Å². The molecule has 3 atom stereocenters. The fourth-order valence-electron chi connectivity index (χ4n) is 4.40. The molecule has 1 heterocycles. The summed E-state index contributed by atoms with van der Waals surface area (Å²) < 4.78 is 0. The maximum atomic E-state index is 6.17. The lowest BCUT2D eigenvalue weighted by Crippen LogP contribution is -2.47. The average molecular weight is 252 g/mol. The van der Waals surface area contributed by atoms with Gasteiger partial charge in [0.2, 0.25) is 0 Å². The quantitative estimate of drug-likeness (QED) is 0.832. The fraction of sp³-hybridized carbons (Fsp3) is 1.00. The lowest BCUT2D eigenvalue weighted by Gasteiger charge is -2.43. The van der Waals surface area contributed by atoms with Crippen LogP contribution in [-0.4, -0.2) is 30.6 Å². The first-order valence-electron chi connectivity index (χ1n) is 8.00. The Morgan fingerprint density at radius 2 is 2.06 bits per heavy atom. The summed E-state index contributed by atoms with van der Waals surface area (Å²) in [6.07, 6.45) is 8.29. The molecule has 2 rings (SSSR count). The molecule has 3 unspecified atom stereocenters. The van der Waals surface area contributed by atoms with Crippen molar-refractivity contribution in [3.05, 3.63) is 0 Å². The lowest BCUT2D eigenvalue weighted by atomic mass is 9.69. The Kier molecular flexibility index (Phi) is 4.71. The van der Waals surface area contributed by atoms with Gasteiger partial charge in [-0.3, -0.25) is 4.90 Å². The van der Waals surface area contributed by atoms with E-state index >= 15 is 0 Å². The highest BCUT2D eigenvalue weighted by atomic mass is 15.2. The summed E-state index contributed by atoms with van der Waals surface area (Å²) >= 11 is 0. The zero-order valence-corrected chi connectivity index (χ0v) is 12.6. The number of nitrogens with two attached hydrogens (primary N) is 1. The monoisotopic (exact) mass is 252 g/mol. The highest BCUT2D eigenvalue weighted by molar-refractivity contribution is 4.92. The van der Waals surface area contributed by atoms with Crippen LogP contribution >= 0.6 is 0 Å². The third-order valence-corrected chi connectivity index (χ3v) is 5.34. The van der Waals surface area contributed by atoms with Crippen molar-refractivity contribution in [1.29, 1.82) is 0 Å². The fourth-order valence-corrected chi connectivity index (χ4v) is 4.40. The van der Waals surface area contributed by atoms with Gasteiger partial charge in [0, 0.05) is 12.6 Å². The molecule has 2 heteroatoms. The maximum Gasteiger partial charge on any atom is 0.0119 e. The molecule has 0 radical (unpaired) electrons. The summed E-state index contributed by atoms with van der Waals surface area (Å²) in [4.78, 5) is 2.76. The van der Waals surface area contributed by atoms with Gasteiger partial charge in [0.1, 0.15) is 0 Å². The van der Waals surface area contributed by atoms with Crippen LogP contribution in [0.15, 0.2) is 0 Å². The summed E-state index contributed by atoms with van der Waals surface area (Å²) in [6.45, 7) is 10.6. The summed E-state index contributed by atoms with van der Waals surface area (Å²) in [7, 11) is 0. The van der Waals surface area contributed by atoms with E-state index in [-0.39, 0.29) is 0 Å². The molecule has 1 aliphatic carbocycles. The number of hydrogen-bond donors (Lipinski definition) is 1. The number of likely N-dealkylation sites (tertiary alicyclic amines) is 1. The van der Waals surface area contributed by atoms with E-state index in [1.54, 1.807) is 0 Å². The molecule has 2 N–H and O–H groups in total. The Balaban J connectivity index is 2.01. The minimum atomic E-state index is 0.426. The van der Waals surface area contributed by atoms with Gasteiger partial charge in [-0.05, 0) is 56.0 Å². The van der Waals surface area contributed by atoms with Gasteiger partial charge in [-0.2, -0.15) is 0 Å². The van der Waals surface area contributed by atoms with Crippen molar-refractivity contribution in [2.45, 2.75) is 65.3 Å². The summed E-state index contributed by atoms with van der Waals surface area (Å²) in [5, 5.41) is 0. The van der Waals surface area contributed by atoms with E-state index in [4.69, 9.17) is 5.73 Å². The van der Waals surface area contributed by atoms with Gasteiger partial charge in [-0.25, -0.2) is 0 Å². The van der Waals surface area contributed by atoms with Crippen LogP contribution in [0.25, 0.3) is 0 Å². The number of nitrogens with zero attached hydrogens (tertiary/aromatic N) is 1. The normalized spacial score (nSPS) is 38.5. The van der Waals surface area contributed by atoms with E-state index in [0.717, 1.165) is 24.4 Å². The summed E-state index contributed by atoms with van der Waals surface area (Å²) in [6, 6.07) is 0.811. The number of rotatable bonds is 4.